The molecule has 0 aliphatic heterocycles. The van der Waals surface area contributed by atoms with Crippen molar-refractivity contribution in [3.63, 3.8) is 0 Å². The zero-order valence-corrected chi connectivity index (χ0v) is 13.3. The lowest BCUT2D eigenvalue weighted by Crippen LogP contribution is -2.07. The monoisotopic (exact) mass is 366 g/mol. The lowest BCUT2D eigenvalue weighted by Gasteiger charge is -2.11. The Hall–Kier alpha value is -0.650. The second-order valence-corrected chi connectivity index (χ2v) is 5.92. The fourth-order valence-corrected chi connectivity index (χ4v) is 2.13. The van der Waals surface area contributed by atoms with Crippen LogP contribution in [0.15, 0.2) is 10.5 Å². The third-order valence-electron chi connectivity index (χ3n) is 2.32. The summed E-state index contributed by atoms with van der Waals surface area (Å²) in [5, 5.41) is 0.556. The zero-order valence-electron chi connectivity index (χ0n) is 10.2. The largest absolute Gasteiger partial charge is 0.477 e. The first-order valence-corrected chi connectivity index (χ1v) is 7.08. The topological polar surface area (TPSA) is 35.0 Å². The molecule has 3 nitrogen and oxygen atoms in total. The Morgan fingerprint density at radius 1 is 1.37 bits per heavy atom. The molecule has 0 N–H and O–H groups in total. The van der Waals surface area contributed by atoms with Crippen LogP contribution in [0.1, 0.15) is 13.8 Å². The van der Waals surface area contributed by atoms with E-state index in [1.54, 1.807) is 6.07 Å². The number of benzene rings is 1. The number of nitrogens with zero attached hydrogens (tertiary/aromatic N) is 2. The molecule has 0 aliphatic rings. The Labute approximate surface area is 128 Å². The Morgan fingerprint density at radius 3 is 2.68 bits per heavy atom. The summed E-state index contributed by atoms with van der Waals surface area (Å²) >= 11 is 14.8. The van der Waals surface area contributed by atoms with Crippen molar-refractivity contribution in [3.8, 4) is 5.88 Å². The molecule has 0 fully saturated rings. The van der Waals surface area contributed by atoms with Gasteiger partial charge in [-0.05, 0) is 39.5 Å². The van der Waals surface area contributed by atoms with Gasteiger partial charge in [-0.25, -0.2) is 9.37 Å². The molecule has 0 saturated heterocycles. The van der Waals surface area contributed by atoms with Crippen LogP contribution in [0, 0.1) is 11.7 Å². The Kier molecular flexibility index (Phi) is 4.48. The highest BCUT2D eigenvalue weighted by atomic mass is 79.9. The van der Waals surface area contributed by atoms with Gasteiger partial charge in [0.15, 0.2) is 5.82 Å². The zero-order chi connectivity index (χ0) is 14.2. The smallest absolute Gasteiger partial charge is 0.226 e. The predicted octanol–water partition coefficient (Wildman–Crippen LogP) is 4.87. The lowest BCUT2D eigenvalue weighted by atomic mass is 10.2. The van der Waals surface area contributed by atoms with Crippen LogP contribution < -0.4 is 4.74 Å². The van der Waals surface area contributed by atoms with E-state index in [4.69, 9.17) is 27.9 Å². The summed E-state index contributed by atoms with van der Waals surface area (Å²) in [5.74, 6) is -0.0437. The summed E-state index contributed by atoms with van der Waals surface area (Å²) in [6, 6.07) is 1.55. The van der Waals surface area contributed by atoms with Gasteiger partial charge < -0.3 is 4.74 Å². The average Bonchev–Trinajstić information content (AvgIpc) is 2.34. The summed E-state index contributed by atoms with van der Waals surface area (Å²) in [4.78, 5) is 7.85. The van der Waals surface area contributed by atoms with Crippen LogP contribution in [0.25, 0.3) is 10.9 Å². The molecule has 0 aliphatic carbocycles. The fourth-order valence-electron chi connectivity index (χ4n) is 1.47. The standard InChI is InChI=1S/C12H10BrCl2FN2O/c1-5(2)4-19-11-6-3-7(14)8(13)9(16)10(6)17-12(15)18-11/h3,5H,4H2,1-2H3. The molecule has 0 bridgehead atoms. The average molecular weight is 368 g/mol. The van der Waals surface area contributed by atoms with E-state index in [-0.39, 0.29) is 26.2 Å². The van der Waals surface area contributed by atoms with Crippen molar-refractivity contribution in [3.05, 3.63) is 26.7 Å². The quantitative estimate of drug-likeness (QED) is 0.573. The summed E-state index contributed by atoms with van der Waals surface area (Å²) in [5.41, 5.74) is 0.0787. The van der Waals surface area contributed by atoms with Crippen molar-refractivity contribution in [1.82, 2.24) is 9.97 Å². The molecule has 0 saturated carbocycles. The summed E-state index contributed by atoms with van der Waals surface area (Å²) < 4.78 is 19.8. The van der Waals surface area contributed by atoms with Gasteiger partial charge in [-0.1, -0.05) is 25.4 Å². The highest BCUT2D eigenvalue weighted by Crippen LogP contribution is 2.35. The number of aromatic nitrogens is 2. The highest BCUT2D eigenvalue weighted by molar-refractivity contribution is 9.10. The second kappa shape index (κ2) is 5.77. The van der Waals surface area contributed by atoms with E-state index in [2.05, 4.69) is 25.9 Å². The Bertz CT molecular complexity index is 637. The number of ether oxygens (including phenoxy) is 1. The molecule has 2 aromatic rings. The molecule has 19 heavy (non-hydrogen) atoms. The van der Waals surface area contributed by atoms with E-state index in [0.29, 0.717) is 17.9 Å². The van der Waals surface area contributed by atoms with E-state index >= 15 is 0 Å². The maximum atomic E-state index is 14.1. The van der Waals surface area contributed by atoms with E-state index in [9.17, 15) is 4.39 Å². The Balaban J connectivity index is 2.63. The first kappa shape index (κ1) is 14.8. The van der Waals surface area contributed by atoms with Crippen molar-refractivity contribution in [2.75, 3.05) is 6.61 Å². The van der Waals surface area contributed by atoms with Gasteiger partial charge in [0.25, 0.3) is 0 Å². The molecule has 2 rings (SSSR count). The number of rotatable bonds is 3. The van der Waals surface area contributed by atoms with Gasteiger partial charge >= 0.3 is 0 Å². The van der Waals surface area contributed by atoms with Gasteiger partial charge in [0.1, 0.15) is 5.52 Å². The maximum Gasteiger partial charge on any atom is 0.226 e. The van der Waals surface area contributed by atoms with Crippen LogP contribution in [-0.4, -0.2) is 16.6 Å². The number of halogens is 4. The first-order valence-electron chi connectivity index (χ1n) is 5.53. The van der Waals surface area contributed by atoms with Crippen LogP contribution in [-0.2, 0) is 0 Å². The minimum atomic E-state index is -0.582. The summed E-state index contributed by atoms with van der Waals surface area (Å²) in [6.45, 7) is 4.43. The van der Waals surface area contributed by atoms with Crippen LogP contribution >= 0.6 is 39.1 Å². The molecule has 102 valence electrons. The van der Waals surface area contributed by atoms with Gasteiger partial charge in [-0.15, -0.1) is 0 Å². The number of hydrogen-bond donors (Lipinski definition) is 0. The second-order valence-electron chi connectivity index (χ2n) is 4.39. The minimum absolute atomic E-state index is 0.0700. The third kappa shape index (κ3) is 3.09. The number of hydrogen-bond acceptors (Lipinski definition) is 3. The van der Waals surface area contributed by atoms with Gasteiger partial charge in [0.05, 0.1) is 21.5 Å². The number of fused-ring (bicyclic) bond motifs is 1. The molecule has 0 spiro atoms. The highest BCUT2D eigenvalue weighted by Gasteiger charge is 2.17. The Morgan fingerprint density at radius 2 is 2.05 bits per heavy atom. The van der Waals surface area contributed by atoms with Crippen LogP contribution in [0.4, 0.5) is 4.39 Å². The molecule has 0 amide bonds. The van der Waals surface area contributed by atoms with E-state index < -0.39 is 5.82 Å². The van der Waals surface area contributed by atoms with Crippen molar-refractivity contribution >= 4 is 50.0 Å². The molecule has 7 heteroatoms. The van der Waals surface area contributed by atoms with Gasteiger partial charge in [-0.2, -0.15) is 4.98 Å². The first-order chi connectivity index (χ1) is 8.90. The summed E-state index contributed by atoms with van der Waals surface area (Å²) in [7, 11) is 0. The van der Waals surface area contributed by atoms with Gasteiger partial charge in [0, 0.05) is 0 Å². The summed E-state index contributed by atoms with van der Waals surface area (Å²) in [6.07, 6.45) is 0. The molecular formula is C12H10BrCl2FN2O. The predicted molar refractivity (Wildman–Crippen MR) is 77.5 cm³/mol. The molecule has 0 radical (unpaired) electrons. The van der Waals surface area contributed by atoms with Crippen LogP contribution in [0.5, 0.6) is 5.88 Å². The van der Waals surface area contributed by atoms with E-state index in [1.165, 1.54) is 0 Å². The van der Waals surface area contributed by atoms with Crippen molar-refractivity contribution in [2.24, 2.45) is 5.92 Å². The van der Waals surface area contributed by atoms with E-state index in [1.807, 2.05) is 13.8 Å². The lowest BCUT2D eigenvalue weighted by molar-refractivity contribution is 0.264. The SMILES string of the molecule is CC(C)COc1nc(Cl)nc2c(F)c(Br)c(Cl)cc12. The maximum absolute atomic E-state index is 14.1. The molecule has 1 aromatic heterocycles. The van der Waals surface area contributed by atoms with Gasteiger partial charge in [-0.3, -0.25) is 0 Å². The van der Waals surface area contributed by atoms with Gasteiger partial charge in [0.2, 0.25) is 11.2 Å². The molecular weight excluding hydrogens is 358 g/mol. The van der Waals surface area contributed by atoms with Crippen LogP contribution in [0.3, 0.4) is 0 Å². The third-order valence-corrected chi connectivity index (χ3v) is 3.79. The molecule has 0 unspecified atom stereocenters. The molecule has 0 atom stereocenters. The molecule has 1 heterocycles. The normalized spacial score (nSPS) is 11.3. The fraction of sp³-hybridized carbons (Fsp3) is 0.333. The van der Waals surface area contributed by atoms with Crippen molar-refractivity contribution in [2.45, 2.75) is 13.8 Å². The van der Waals surface area contributed by atoms with Crippen molar-refractivity contribution < 1.29 is 9.13 Å². The van der Waals surface area contributed by atoms with Crippen LogP contribution in [0.2, 0.25) is 10.3 Å². The van der Waals surface area contributed by atoms with Crippen molar-refractivity contribution in [1.29, 1.82) is 0 Å². The minimum Gasteiger partial charge on any atom is -0.477 e. The molecule has 1 aromatic carbocycles. The van der Waals surface area contributed by atoms with E-state index in [0.717, 1.165) is 0 Å².